The van der Waals surface area contributed by atoms with Crippen molar-refractivity contribution in [1.82, 2.24) is 15.5 Å². The molecule has 0 radical (unpaired) electrons. The lowest BCUT2D eigenvalue weighted by molar-refractivity contribution is 0.0381. The predicted molar refractivity (Wildman–Crippen MR) is 82.5 cm³/mol. The number of nitrogens with zero attached hydrogens (tertiary/aromatic N) is 2. The maximum absolute atomic E-state index is 5.82. The number of nitrogens with one attached hydrogen (secondary N) is 1. The Balaban J connectivity index is 0.00000161. The fourth-order valence-corrected chi connectivity index (χ4v) is 2.33. The molecule has 0 spiro atoms. The van der Waals surface area contributed by atoms with Gasteiger partial charge in [-0.2, -0.15) is 4.98 Å². The zero-order chi connectivity index (χ0) is 13.6. The van der Waals surface area contributed by atoms with Crippen molar-refractivity contribution in [1.29, 1.82) is 0 Å². The second kappa shape index (κ2) is 8.12. The van der Waals surface area contributed by atoms with Crippen LogP contribution in [0.4, 0.5) is 0 Å². The van der Waals surface area contributed by atoms with Crippen molar-refractivity contribution in [2.24, 2.45) is 0 Å². The minimum Gasteiger partial charge on any atom is -0.376 e. The summed E-state index contributed by atoms with van der Waals surface area (Å²) in [6.07, 6.45) is 3.33. The molecule has 1 fully saturated rings. The van der Waals surface area contributed by atoms with Crippen molar-refractivity contribution in [2.75, 3.05) is 19.7 Å². The molecule has 1 aromatic heterocycles. The SMILES string of the molecule is Cl.c1ccc(-c2nc(CCOC3CCCNC3)no2)cc1. The highest BCUT2D eigenvalue weighted by atomic mass is 35.5. The number of piperidine rings is 1. The first-order valence-corrected chi connectivity index (χ1v) is 7.12. The van der Waals surface area contributed by atoms with E-state index in [-0.39, 0.29) is 12.4 Å². The van der Waals surface area contributed by atoms with E-state index in [0.717, 1.165) is 25.1 Å². The molecule has 0 saturated carbocycles. The van der Waals surface area contributed by atoms with Crippen molar-refractivity contribution in [3.05, 3.63) is 36.2 Å². The Bertz CT molecular complexity index is 527. The van der Waals surface area contributed by atoms with Crippen LogP contribution < -0.4 is 5.32 Å². The normalized spacial score (nSPS) is 18.2. The summed E-state index contributed by atoms with van der Waals surface area (Å²) in [6.45, 7) is 2.69. The van der Waals surface area contributed by atoms with Crippen molar-refractivity contribution in [2.45, 2.75) is 25.4 Å². The van der Waals surface area contributed by atoms with E-state index in [1.807, 2.05) is 30.3 Å². The molecule has 1 atom stereocenters. The second-order valence-corrected chi connectivity index (χ2v) is 4.97. The van der Waals surface area contributed by atoms with E-state index >= 15 is 0 Å². The Hall–Kier alpha value is -1.43. The van der Waals surface area contributed by atoms with Crippen LogP contribution >= 0.6 is 12.4 Å². The highest BCUT2D eigenvalue weighted by Crippen LogP contribution is 2.16. The molecule has 1 N–H and O–H groups in total. The molecule has 0 amide bonds. The Morgan fingerprint density at radius 1 is 1.29 bits per heavy atom. The summed E-state index contributed by atoms with van der Waals surface area (Å²) in [5.74, 6) is 1.27. The molecule has 1 aliphatic rings. The number of halogens is 1. The smallest absolute Gasteiger partial charge is 0.257 e. The molecular formula is C15H20ClN3O2. The first-order valence-electron chi connectivity index (χ1n) is 7.12. The molecule has 6 heteroatoms. The second-order valence-electron chi connectivity index (χ2n) is 4.97. The van der Waals surface area contributed by atoms with Crippen LogP contribution in [0.1, 0.15) is 18.7 Å². The van der Waals surface area contributed by atoms with Crippen LogP contribution in [0.5, 0.6) is 0 Å². The van der Waals surface area contributed by atoms with Crippen LogP contribution in [-0.2, 0) is 11.2 Å². The lowest BCUT2D eigenvalue weighted by atomic mass is 10.1. The minimum absolute atomic E-state index is 0. The lowest BCUT2D eigenvalue weighted by Crippen LogP contribution is -2.35. The summed E-state index contributed by atoms with van der Waals surface area (Å²) in [6, 6.07) is 9.80. The van der Waals surface area contributed by atoms with Crippen LogP contribution in [0, 0.1) is 0 Å². The van der Waals surface area contributed by atoms with Gasteiger partial charge in [0.25, 0.3) is 5.89 Å². The first-order chi connectivity index (χ1) is 9.92. The predicted octanol–water partition coefficient (Wildman–Crippen LogP) is 2.47. The summed E-state index contributed by atoms with van der Waals surface area (Å²) in [5, 5.41) is 7.33. The molecule has 3 rings (SSSR count). The van der Waals surface area contributed by atoms with Gasteiger partial charge in [0.1, 0.15) is 0 Å². The molecule has 1 unspecified atom stereocenters. The highest BCUT2D eigenvalue weighted by molar-refractivity contribution is 5.85. The third-order valence-corrected chi connectivity index (χ3v) is 3.42. The minimum atomic E-state index is 0. The van der Waals surface area contributed by atoms with E-state index < -0.39 is 0 Å². The van der Waals surface area contributed by atoms with Gasteiger partial charge in [-0.05, 0) is 31.5 Å². The molecule has 2 heterocycles. The van der Waals surface area contributed by atoms with Gasteiger partial charge in [0.2, 0.25) is 0 Å². The maximum atomic E-state index is 5.82. The summed E-state index contributed by atoms with van der Waals surface area (Å²) in [7, 11) is 0. The van der Waals surface area contributed by atoms with Crippen molar-refractivity contribution in [3.63, 3.8) is 0 Å². The van der Waals surface area contributed by atoms with Gasteiger partial charge in [0.05, 0.1) is 12.7 Å². The molecule has 0 aliphatic carbocycles. The van der Waals surface area contributed by atoms with Gasteiger partial charge in [-0.15, -0.1) is 12.4 Å². The topological polar surface area (TPSA) is 60.2 Å². The molecule has 0 bridgehead atoms. The monoisotopic (exact) mass is 309 g/mol. The molecule has 1 saturated heterocycles. The largest absolute Gasteiger partial charge is 0.376 e. The van der Waals surface area contributed by atoms with Crippen molar-refractivity contribution >= 4 is 12.4 Å². The van der Waals surface area contributed by atoms with Gasteiger partial charge >= 0.3 is 0 Å². The van der Waals surface area contributed by atoms with E-state index in [9.17, 15) is 0 Å². The lowest BCUT2D eigenvalue weighted by Gasteiger charge is -2.22. The number of rotatable bonds is 5. The average molecular weight is 310 g/mol. The number of hydrogen-bond acceptors (Lipinski definition) is 5. The molecule has 21 heavy (non-hydrogen) atoms. The molecule has 1 aliphatic heterocycles. The highest BCUT2D eigenvalue weighted by Gasteiger charge is 2.14. The van der Waals surface area contributed by atoms with Gasteiger partial charge in [0, 0.05) is 18.5 Å². The van der Waals surface area contributed by atoms with Crippen LogP contribution in [-0.4, -0.2) is 35.9 Å². The Morgan fingerprint density at radius 2 is 2.14 bits per heavy atom. The van der Waals surface area contributed by atoms with Crippen LogP contribution in [0.3, 0.4) is 0 Å². The molecule has 5 nitrogen and oxygen atoms in total. The Labute approximate surface area is 130 Å². The van der Waals surface area contributed by atoms with Gasteiger partial charge in [0.15, 0.2) is 5.82 Å². The van der Waals surface area contributed by atoms with Crippen molar-refractivity contribution < 1.29 is 9.26 Å². The van der Waals surface area contributed by atoms with E-state index in [0.29, 0.717) is 30.8 Å². The van der Waals surface area contributed by atoms with Gasteiger partial charge < -0.3 is 14.6 Å². The Kier molecular flexibility index (Phi) is 6.17. The molecule has 1 aromatic carbocycles. The zero-order valence-corrected chi connectivity index (χ0v) is 12.6. The summed E-state index contributed by atoms with van der Waals surface area (Å²) in [5.41, 5.74) is 0.948. The fourth-order valence-electron chi connectivity index (χ4n) is 2.33. The molecular weight excluding hydrogens is 290 g/mol. The summed E-state index contributed by atoms with van der Waals surface area (Å²) in [4.78, 5) is 4.39. The molecule has 2 aromatic rings. The van der Waals surface area contributed by atoms with E-state index in [1.54, 1.807) is 0 Å². The number of aromatic nitrogens is 2. The summed E-state index contributed by atoms with van der Waals surface area (Å²) < 4.78 is 11.1. The van der Waals surface area contributed by atoms with E-state index in [4.69, 9.17) is 9.26 Å². The molecule has 114 valence electrons. The van der Waals surface area contributed by atoms with Gasteiger partial charge in [-0.1, -0.05) is 23.4 Å². The third kappa shape index (κ3) is 4.52. The van der Waals surface area contributed by atoms with Crippen LogP contribution in [0.2, 0.25) is 0 Å². The van der Waals surface area contributed by atoms with E-state index in [1.165, 1.54) is 6.42 Å². The van der Waals surface area contributed by atoms with Gasteiger partial charge in [-0.3, -0.25) is 0 Å². The number of benzene rings is 1. The third-order valence-electron chi connectivity index (χ3n) is 3.42. The summed E-state index contributed by atoms with van der Waals surface area (Å²) >= 11 is 0. The maximum Gasteiger partial charge on any atom is 0.257 e. The first kappa shape index (κ1) is 15.9. The van der Waals surface area contributed by atoms with Gasteiger partial charge in [-0.25, -0.2) is 0 Å². The Morgan fingerprint density at radius 3 is 2.90 bits per heavy atom. The standard InChI is InChI=1S/C15H19N3O2.ClH/c1-2-5-12(6-3-1)15-17-14(18-20-15)8-10-19-13-7-4-9-16-11-13;/h1-3,5-6,13,16H,4,7-11H2;1H. The van der Waals surface area contributed by atoms with Crippen LogP contribution in [0.15, 0.2) is 34.9 Å². The zero-order valence-electron chi connectivity index (χ0n) is 11.8. The van der Waals surface area contributed by atoms with Crippen LogP contribution in [0.25, 0.3) is 11.5 Å². The fraction of sp³-hybridized carbons (Fsp3) is 0.467. The number of ether oxygens (including phenoxy) is 1. The number of hydrogen-bond donors (Lipinski definition) is 1. The van der Waals surface area contributed by atoms with Crippen molar-refractivity contribution in [3.8, 4) is 11.5 Å². The average Bonchev–Trinajstić information content (AvgIpc) is 2.98. The quantitative estimate of drug-likeness (QED) is 0.919. The van der Waals surface area contributed by atoms with E-state index in [2.05, 4.69) is 15.5 Å².